The van der Waals surface area contributed by atoms with Crippen LogP contribution in [0.5, 0.6) is 0 Å². The molecule has 0 spiro atoms. The Labute approximate surface area is 74.0 Å². The summed E-state index contributed by atoms with van der Waals surface area (Å²) in [5, 5.41) is 0. The lowest BCUT2D eigenvalue weighted by molar-refractivity contribution is -0.135. The zero-order chi connectivity index (χ0) is 9.31. The summed E-state index contributed by atoms with van der Waals surface area (Å²) in [6.07, 6.45) is 1.12. The van der Waals surface area contributed by atoms with Gasteiger partial charge in [-0.2, -0.15) is 0 Å². The van der Waals surface area contributed by atoms with E-state index in [0.29, 0.717) is 0 Å². The van der Waals surface area contributed by atoms with Crippen molar-refractivity contribution in [3.8, 4) is 0 Å². The number of rotatable bonds is 2. The van der Waals surface area contributed by atoms with E-state index in [0.717, 1.165) is 6.08 Å². The number of carbonyl (C=O) groups is 1. The molecule has 0 atom stereocenters. The summed E-state index contributed by atoms with van der Waals surface area (Å²) >= 11 is 0. The molecule has 6 nitrogen and oxygen atoms in total. The second-order valence-corrected chi connectivity index (χ2v) is 4.02. The van der Waals surface area contributed by atoms with Gasteiger partial charge in [-0.1, -0.05) is 0 Å². The molecule has 0 aromatic carbocycles. The second-order valence-electron chi connectivity index (χ2n) is 2.42. The van der Waals surface area contributed by atoms with Crippen LogP contribution in [0.3, 0.4) is 0 Å². The predicted octanol–water partition coefficient (Wildman–Crippen LogP) is 0.599. The maximum Gasteiger partial charge on any atom is 0.530 e. The predicted molar refractivity (Wildman–Crippen MR) is 39.6 cm³/mol. The van der Waals surface area contributed by atoms with Crippen molar-refractivity contribution >= 4 is 13.8 Å². The minimum Gasteiger partial charge on any atom is -0.454 e. The molecule has 2 rings (SSSR count). The normalized spacial score (nSPS) is 25.5. The molecule has 0 bridgehead atoms. The molecule has 0 radical (unpaired) electrons. The molecule has 0 amide bonds. The molecular weight excluding hydrogens is 199 g/mol. The summed E-state index contributed by atoms with van der Waals surface area (Å²) in [5.41, 5.74) is 0. The molecule has 0 aromatic heterocycles. The quantitative estimate of drug-likeness (QED) is 0.486. The smallest absolute Gasteiger partial charge is 0.454 e. The first kappa shape index (κ1) is 8.74. The molecule has 1 saturated heterocycles. The van der Waals surface area contributed by atoms with Gasteiger partial charge in [-0.3, -0.25) is 9.05 Å². The summed E-state index contributed by atoms with van der Waals surface area (Å²) in [4.78, 5) is 10.6. The van der Waals surface area contributed by atoms with E-state index in [-0.39, 0.29) is 25.6 Å². The van der Waals surface area contributed by atoms with Crippen LogP contribution in [0.4, 0.5) is 0 Å². The van der Waals surface area contributed by atoms with Gasteiger partial charge in [0.1, 0.15) is 6.61 Å². The lowest BCUT2D eigenvalue weighted by atomic mass is 10.5. The number of cyclic esters (lactones) is 1. The standard InChI is InChI=1S/C6H7O6P/c7-6-3-5(4-9-6)12-13(8)10-1-2-11-13/h3H,1-2,4H2. The van der Waals surface area contributed by atoms with E-state index in [9.17, 15) is 9.36 Å². The fourth-order valence-corrected chi connectivity index (χ4v) is 2.11. The van der Waals surface area contributed by atoms with Gasteiger partial charge in [0.15, 0.2) is 5.76 Å². The van der Waals surface area contributed by atoms with E-state index in [2.05, 4.69) is 4.74 Å². The SMILES string of the molecule is O=C1C=C(OP2(=O)OCCO2)CO1. The first-order chi connectivity index (χ1) is 6.18. The van der Waals surface area contributed by atoms with Crippen molar-refractivity contribution in [2.24, 2.45) is 0 Å². The van der Waals surface area contributed by atoms with E-state index >= 15 is 0 Å². The Bertz CT molecular complexity index is 298. The van der Waals surface area contributed by atoms with Crippen LogP contribution in [0.25, 0.3) is 0 Å². The molecule has 0 unspecified atom stereocenters. The summed E-state index contributed by atoms with van der Waals surface area (Å²) in [6.45, 7) is 0.453. The fraction of sp³-hybridized carbons (Fsp3) is 0.500. The highest BCUT2D eigenvalue weighted by molar-refractivity contribution is 7.48. The lowest BCUT2D eigenvalue weighted by Gasteiger charge is -2.09. The molecule has 7 heteroatoms. The van der Waals surface area contributed by atoms with Crippen LogP contribution in [0.2, 0.25) is 0 Å². The van der Waals surface area contributed by atoms with Crippen molar-refractivity contribution in [2.45, 2.75) is 0 Å². The molecule has 2 heterocycles. The maximum atomic E-state index is 11.4. The van der Waals surface area contributed by atoms with Gasteiger partial charge < -0.3 is 9.26 Å². The Hall–Kier alpha value is -0.840. The molecule has 2 aliphatic rings. The monoisotopic (exact) mass is 206 g/mol. The third kappa shape index (κ3) is 1.91. The van der Waals surface area contributed by atoms with Crippen LogP contribution < -0.4 is 0 Å². The van der Waals surface area contributed by atoms with E-state index < -0.39 is 13.8 Å². The largest absolute Gasteiger partial charge is 0.530 e. The van der Waals surface area contributed by atoms with Gasteiger partial charge >= 0.3 is 13.8 Å². The average Bonchev–Trinajstić information content (AvgIpc) is 2.62. The van der Waals surface area contributed by atoms with Crippen molar-refractivity contribution in [3.05, 3.63) is 11.8 Å². The Morgan fingerprint density at radius 1 is 1.38 bits per heavy atom. The van der Waals surface area contributed by atoms with Gasteiger partial charge in [0.05, 0.1) is 19.3 Å². The number of esters is 1. The Kier molecular flexibility index (Phi) is 2.11. The van der Waals surface area contributed by atoms with Crippen LogP contribution in [-0.2, 0) is 27.7 Å². The zero-order valence-corrected chi connectivity index (χ0v) is 7.49. The number of carbonyl (C=O) groups excluding carboxylic acids is 1. The summed E-state index contributed by atoms with van der Waals surface area (Å²) in [6, 6.07) is 0. The third-order valence-corrected chi connectivity index (χ3v) is 2.90. The molecule has 0 saturated carbocycles. The van der Waals surface area contributed by atoms with Crippen LogP contribution in [0.1, 0.15) is 0 Å². The summed E-state index contributed by atoms with van der Waals surface area (Å²) in [7, 11) is -3.45. The topological polar surface area (TPSA) is 71.1 Å². The number of ether oxygens (including phenoxy) is 1. The van der Waals surface area contributed by atoms with Crippen LogP contribution in [-0.4, -0.2) is 25.8 Å². The first-order valence-corrected chi connectivity index (χ1v) is 5.10. The van der Waals surface area contributed by atoms with Gasteiger partial charge in [-0.25, -0.2) is 9.36 Å². The molecular formula is C6H7O6P. The van der Waals surface area contributed by atoms with Gasteiger partial charge in [0.25, 0.3) is 0 Å². The van der Waals surface area contributed by atoms with Crippen molar-refractivity contribution in [2.75, 3.05) is 19.8 Å². The van der Waals surface area contributed by atoms with E-state index in [1.165, 1.54) is 0 Å². The van der Waals surface area contributed by atoms with Crippen molar-refractivity contribution < 1.29 is 27.7 Å². The molecule has 1 fully saturated rings. The summed E-state index contributed by atoms with van der Waals surface area (Å²) in [5.74, 6) is -0.337. The van der Waals surface area contributed by atoms with E-state index in [1.807, 2.05) is 0 Å². The first-order valence-electron chi connectivity index (χ1n) is 3.64. The zero-order valence-electron chi connectivity index (χ0n) is 6.60. The third-order valence-electron chi connectivity index (χ3n) is 1.45. The highest BCUT2D eigenvalue weighted by Crippen LogP contribution is 2.54. The molecule has 0 aromatic rings. The Balaban J connectivity index is 2.01. The molecule has 72 valence electrons. The summed E-state index contributed by atoms with van der Waals surface area (Å²) < 4.78 is 30.3. The minimum atomic E-state index is -3.45. The Morgan fingerprint density at radius 3 is 2.62 bits per heavy atom. The fourth-order valence-electron chi connectivity index (χ4n) is 0.941. The minimum absolute atomic E-state index is 0.0183. The number of hydrogen-bond acceptors (Lipinski definition) is 6. The average molecular weight is 206 g/mol. The molecule has 0 N–H and O–H groups in total. The van der Waals surface area contributed by atoms with Gasteiger partial charge in [0.2, 0.25) is 0 Å². The van der Waals surface area contributed by atoms with E-state index in [4.69, 9.17) is 13.6 Å². The number of phosphoric acid groups is 1. The van der Waals surface area contributed by atoms with Gasteiger partial charge in [0, 0.05) is 0 Å². The lowest BCUT2D eigenvalue weighted by Crippen LogP contribution is -1.94. The van der Waals surface area contributed by atoms with Crippen molar-refractivity contribution in [1.82, 2.24) is 0 Å². The van der Waals surface area contributed by atoms with Gasteiger partial charge in [-0.05, 0) is 0 Å². The van der Waals surface area contributed by atoms with Crippen LogP contribution >= 0.6 is 7.82 Å². The number of hydrogen-bond donors (Lipinski definition) is 0. The molecule has 13 heavy (non-hydrogen) atoms. The highest BCUT2D eigenvalue weighted by Gasteiger charge is 2.35. The van der Waals surface area contributed by atoms with Crippen molar-refractivity contribution in [1.29, 1.82) is 0 Å². The van der Waals surface area contributed by atoms with Crippen LogP contribution in [0, 0.1) is 0 Å². The van der Waals surface area contributed by atoms with E-state index in [1.54, 1.807) is 0 Å². The van der Waals surface area contributed by atoms with Crippen molar-refractivity contribution in [3.63, 3.8) is 0 Å². The maximum absolute atomic E-state index is 11.4. The highest BCUT2D eigenvalue weighted by atomic mass is 31.2. The van der Waals surface area contributed by atoms with Crippen LogP contribution in [0.15, 0.2) is 11.8 Å². The molecule has 0 aliphatic carbocycles. The Morgan fingerprint density at radius 2 is 2.08 bits per heavy atom. The molecule has 2 aliphatic heterocycles. The van der Waals surface area contributed by atoms with Gasteiger partial charge in [-0.15, -0.1) is 0 Å². The number of phosphoric ester groups is 1. The second kappa shape index (κ2) is 3.14.